The van der Waals surface area contributed by atoms with Crippen LogP contribution in [-0.2, 0) is 11.3 Å². The predicted molar refractivity (Wildman–Crippen MR) is 74.6 cm³/mol. The number of aliphatic carboxylic acids is 1. The lowest BCUT2D eigenvalue weighted by atomic mass is 10.2. The van der Waals surface area contributed by atoms with Gasteiger partial charge in [-0.1, -0.05) is 6.07 Å². The van der Waals surface area contributed by atoms with Gasteiger partial charge in [0.05, 0.1) is 5.69 Å². The van der Waals surface area contributed by atoms with Crippen LogP contribution in [0.15, 0.2) is 24.5 Å². The van der Waals surface area contributed by atoms with Crippen LogP contribution in [0.3, 0.4) is 0 Å². The van der Waals surface area contributed by atoms with Gasteiger partial charge in [-0.05, 0) is 18.6 Å². The second-order valence-electron chi connectivity index (χ2n) is 5.23. The smallest absolute Gasteiger partial charge is 0.322 e. The lowest BCUT2D eigenvalue weighted by Crippen LogP contribution is -2.54. The Balaban J connectivity index is 1.82. The van der Waals surface area contributed by atoms with Crippen molar-refractivity contribution >= 4 is 11.6 Å². The average molecular weight is 274 g/mol. The van der Waals surface area contributed by atoms with Crippen LogP contribution in [0.4, 0.5) is 0 Å². The van der Waals surface area contributed by atoms with Crippen LogP contribution >= 0.6 is 0 Å². The van der Waals surface area contributed by atoms with Crippen LogP contribution in [-0.4, -0.2) is 51.0 Å². The summed E-state index contributed by atoms with van der Waals surface area (Å²) >= 11 is 0. The van der Waals surface area contributed by atoms with Gasteiger partial charge in [0.2, 0.25) is 0 Å². The lowest BCUT2D eigenvalue weighted by molar-refractivity contribution is -0.144. The van der Waals surface area contributed by atoms with E-state index < -0.39 is 12.0 Å². The summed E-state index contributed by atoms with van der Waals surface area (Å²) in [5, 5.41) is 12.4. The van der Waals surface area contributed by atoms with Gasteiger partial charge in [0.1, 0.15) is 11.7 Å². The Kier molecular flexibility index (Phi) is 3.42. The molecule has 1 aliphatic heterocycles. The highest BCUT2D eigenvalue weighted by Gasteiger charge is 2.28. The zero-order valence-electron chi connectivity index (χ0n) is 11.4. The zero-order chi connectivity index (χ0) is 14.1. The van der Waals surface area contributed by atoms with Crippen LogP contribution in [0.5, 0.6) is 0 Å². The maximum atomic E-state index is 11.3. The van der Waals surface area contributed by atoms with Crippen molar-refractivity contribution in [1.82, 2.24) is 19.6 Å². The Labute approximate surface area is 117 Å². The van der Waals surface area contributed by atoms with Gasteiger partial charge >= 0.3 is 5.97 Å². The number of fused-ring (bicyclic) bond motifs is 1. The van der Waals surface area contributed by atoms with Crippen LogP contribution in [0.2, 0.25) is 0 Å². The third-order valence-electron chi connectivity index (χ3n) is 3.65. The molecule has 0 bridgehead atoms. The molecule has 20 heavy (non-hydrogen) atoms. The van der Waals surface area contributed by atoms with Gasteiger partial charge < -0.3 is 14.8 Å². The van der Waals surface area contributed by atoms with Crippen molar-refractivity contribution in [3.63, 3.8) is 0 Å². The molecule has 3 heterocycles. The second-order valence-corrected chi connectivity index (χ2v) is 5.23. The van der Waals surface area contributed by atoms with E-state index in [2.05, 4.69) is 10.3 Å². The predicted octanol–water partition coefficient (Wildman–Crippen LogP) is 0.501. The van der Waals surface area contributed by atoms with Gasteiger partial charge in [0.25, 0.3) is 0 Å². The Bertz CT molecular complexity index is 637. The molecule has 0 radical (unpaired) electrons. The van der Waals surface area contributed by atoms with E-state index in [4.69, 9.17) is 0 Å². The molecule has 1 saturated heterocycles. The summed E-state index contributed by atoms with van der Waals surface area (Å²) in [7, 11) is 0. The molecule has 2 aromatic rings. The van der Waals surface area contributed by atoms with Crippen molar-refractivity contribution in [3.8, 4) is 0 Å². The number of carboxylic acids is 1. The third kappa shape index (κ3) is 2.52. The summed E-state index contributed by atoms with van der Waals surface area (Å²) in [6.07, 6.45) is 4.00. The number of imidazole rings is 1. The number of piperazine rings is 1. The highest BCUT2D eigenvalue weighted by Crippen LogP contribution is 2.12. The molecule has 2 aromatic heterocycles. The van der Waals surface area contributed by atoms with Gasteiger partial charge in [0.15, 0.2) is 0 Å². The van der Waals surface area contributed by atoms with E-state index in [9.17, 15) is 9.90 Å². The van der Waals surface area contributed by atoms with E-state index in [0.717, 1.165) is 24.4 Å². The topological polar surface area (TPSA) is 69.9 Å². The SMILES string of the molecule is Cc1ccc2nc(CN3CCNCC3C(=O)O)cn2c1. The first kappa shape index (κ1) is 13.1. The highest BCUT2D eigenvalue weighted by molar-refractivity contribution is 5.74. The normalized spacial score (nSPS) is 20.4. The van der Waals surface area contributed by atoms with Crippen molar-refractivity contribution < 1.29 is 9.90 Å². The number of aryl methyl sites for hydroxylation is 1. The van der Waals surface area contributed by atoms with Crippen LogP contribution in [0, 0.1) is 6.92 Å². The molecule has 0 amide bonds. The fraction of sp³-hybridized carbons (Fsp3) is 0.429. The Hall–Kier alpha value is -1.92. The molecule has 0 aliphatic carbocycles. The Morgan fingerprint density at radius 1 is 1.50 bits per heavy atom. The van der Waals surface area contributed by atoms with E-state index >= 15 is 0 Å². The highest BCUT2D eigenvalue weighted by atomic mass is 16.4. The third-order valence-corrected chi connectivity index (χ3v) is 3.65. The molecular formula is C14H18N4O2. The lowest BCUT2D eigenvalue weighted by Gasteiger charge is -2.32. The van der Waals surface area contributed by atoms with Crippen molar-refractivity contribution in [3.05, 3.63) is 35.8 Å². The number of nitrogens with one attached hydrogen (secondary N) is 1. The number of hydrogen-bond donors (Lipinski definition) is 2. The molecular weight excluding hydrogens is 256 g/mol. The number of carbonyl (C=O) groups is 1. The van der Waals surface area contributed by atoms with E-state index in [-0.39, 0.29) is 0 Å². The summed E-state index contributed by atoms with van der Waals surface area (Å²) in [5.74, 6) is -0.781. The minimum absolute atomic E-state index is 0.477. The summed E-state index contributed by atoms with van der Waals surface area (Å²) in [6.45, 7) is 4.64. The van der Waals surface area contributed by atoms with E-state index in [1.807, 2.05) is 40.8 Å². The number of pyridine rings is 1. The van der Waals surface area contributed by atoms with Gasteiger partial charge in [0, 0.05) is 38.6 Å². The van der Waals surface area contributed by atoms with E-state index in [1.54, 1.807) is 0 Å². The molecule has 0 aromatic carbocycles. The Morgan fingerprint density at radius 3 is 3.15 bits per heavy atom. The maximum Gasteiger partial charge on any atom is 0.322 e. The molecule has 3 rings (SSSR count). The minimum Gasteiger partial charge on any atom is -0.480 e. The number of aromatic nitrogens is 2. The zero-order valence-corrected chi connectivity index (χ0v) is 11.4. The quantitative estimate of drug-likeness (QED) is 0.853. The van der Waals surface area contributed by atoms with Gasteiger partial charge in [-0.3, -0.25) is 9.69 Å². The molecule has 1 atom stereocenters. The molecule has 6 nitrogen and oxygen atoms in total. The largest absolute Gasteiger partial charge is 0.480 e. The molecule has 0 spiro atoms. The van der Waals surface area contributed by atoms with Crippen LogP contribution in [0.25, 0.3) is 5.65 Å². The van der Waals surface area contributed by atoms with Crippen LogP contribution in [0.1, 0.15) is 11.3 Å². The number of carboxylic acid groups (broad SMARTS) is 1. The summed E-state index contributed by atoms with van der Waals surface area (Å²) in [6, 6.07) is 3.53. The molecule has 2 N–H and O–H groups in total. The fourth-order valence-corrected chi connectivity index (χ4v) is 2.62. The second kappa shape index (κ2) is 5.22. The van der Waals surface area contributed by atoms with Crippen LogP contribution < -0.4 is 5.32 Å². The molecule has 0 saturated carbocycles. The summed E-state index contributed by atoms with van der Waals surface area (Å²) < 4.78 is 1.99. The number of hydrogen-bond acceptors (Lipinski definition) is 4. The molecule has 1 fully saturated rings. The Morgan fingerprint density at radius 2 is 2.35 bits per heavy atom. The van der Waals surface area contributed by atoms with Crippen molar-refractivity contribution in [1.29, 1.82) is 0 Å². The molecule has 6 heteroatoms. The van der Waals surface area contributed by atoms with Gasteiger partial charge in [-0.15, -0.1) is 0 Å². The fourth-order valence-electron chi connectivity index (χ4n) is 2.62. The first-order valence-electron chi connectivity index (χ1n) is 6.75. The minimum atomic E-state index is -0.781. The first-order chi connectivity index (χ1) is 9.63. The molecule has 1 aliphatic rings. The van der Waals surface area contributed by atoms with Crippen molar-refractivity contribution in [2.45, 2.75) is 19.5 Å². The molecule has 106 valence electrons. The van der Waals surface area contributed by atoms with E-state index in [0.29, 0.717) is 13.1 Å². The van der Waals surface area contributed by atoms with Crippen molar-refractivity contribution in [2.75, 3.05) is 19.6 Å². The van der Waals surface area contributed by atoms with E-state index in [1.165, 1.54) is 5.56 Å². The van der Waals surface area contributed by atoms with Gasteiger partial charge in [-0.25, -0.2) is 4.98 Å². The summed E-state index contributed by atoms with van der Waals surface area (Å²) in [5.41, 5.74) is 2.98. The molecule has 1 unspecified atom stereocenters. The average Bonchev–Trinajstić information content (AvgIpc) is 2.80. The van der Waals surface area contributed by atoms with Crippen molar-refractivity contribution in [2.24, 2.45) is 0 Å². The maximum absolute atomic E-state index is 11.3. The summed E-state index contributed by atoms with van der Waals surface area (Å²) in [4.78, 5) is 17.8. The van der Waals surface area contributed by atoms with Gasteiger partial charge in [-0.2, -0.15) is 0 Å². The standard InChI is InChI=1S/C14H18N4O2/c1-10-2-3-13-16-11(9-18(13)7-10)8-17-5-4-15-6-12(17)14(19)20/h2-3,7,9,12,15H,4-6,8H2,1H3,(H,19,20). The number of nitrogens with zero attached hydrogens (tertiary/aromatic N) is 3. The first-order valence-corrected chi connectivity index (χ1v) is 6.75. The monoisotopic (exact) mass is 274 g/mol. The number of rotatable bonds is 3.